The molecule has 0 aliphatic carbocycles. The van der Waals surface area contributed by atoms with Crippen molar-refractivity contribution >= 4 is 17.8 Å². The van der Waals surface area contributed by atoms with Gasteiger partial charge < -0.3 is 24.6 Å². The van der Waals surface area contributed by atoms with Crippen LogP contribution in [0.3, 0.4) is 0 Å². The molecule has 0 aliphatic rings. The number of alkyl carbamates (subject to hydrolysis) is 1. The largest absolute Gasteiger partial charge is 0.459 e. The Morgan fingerprint density at radius 2 is 1.74 bits per heavy atom. The van der Waals surface area contributed by atoms with Crippen molar-refractivity contribution in [2.45, 2.75) is 25.5 Å². The highest BCUT2D eigenvalue weighted by Gasteiger charge is 2.25. The predicted octanol–water partition coefficient (Wildman–Crippen LogP) is 3.26. The molecule has 0 saturated carbocycles. The topological polar surface area (TPSA) is 111 Å². The van der Waals surface area contributed by atoms with Crippen LogP contribution in [0.15, 0.2) is 67.3 Å². The van der Waals surface area contributed by atoms with Gasteiger partial charge in [-0.25, -0.2) is 9.59 Å². The number of Topliss-reactive ketones (excluding diaryl/α,β-unsaturated/α-hetero) is 1. The van der Waals surface area contributed by atoms with E-state index in [-0.39, 0.29) is 24.4 Å². The summed E-state index contributed by atoms with van der Waals surface area (Å²) >= 11 is 0. The summed E-state index contributed by atoms with van der Waals surface area (Å²) in [6.45, 7) is 4.28. The van der Waals surface area contributed by atoms with E-state index in [1.54, 1.807) is 42.5 Å². The van der Waals surface area contributed by atoms with E-state index >= 15 is 0 Å². The number of aliphatic hydroxyl groups excluding tert-OH is 1. The molecule has 2 N–H and O–H groups in total. The Kier molecular flexibility index (Phi) is 9.25. The van der Waals surface area contributed by atoms with Gasteiger partial charge in [0.1, 0.15) is 42.2 Å². The van der Waals surface area contributed by atoms with Crippen LogP contribution in [0.25, 0.3) is 0 Å². The minimum Gasteiger partial charge on any atom is -0.459 e. The second-order valence-electron chi connectivity index (χ2n) is 6.62. The average molecular weight is 427 g/mol. The first-order valence-corrected chi connectivity index (χ1v) is 9.61. The van der Waals surface area contributed by atoms with Crippen LogP contribution in [0.4, 0.5) is 4.79 Å². The van der Waals surface area contributed by atoms with Crippen LogP contribution < -0.4 is 10.1 Å². The number of hydrogen-bond acceptors (Lipinski definition) is 7. The van der Waals surface area contributed by atoms with Crippen LogP contribution in [0, 0.1) is 0 Å². The highest BCUT2D eigenvalue weighted by atomic mass is 16.6. The summed E-state index contributed by atoms with van der Waals surface area (Å²) in [7, 11) is 0. The number of nitrogens with one attached hydrogen (secondary N) is 1. The standard InChI is InChI=1S/C23H25NO7/c1-3-13-29-23(28)24-19(14-16(2)25)20(26)15-30-22(27)18-11-7-8-12-21(18)31-17-9-5-4-6-10-17/h3-12,19-20,26H,1,13-15H2,2H3,(H,24,28). The maximum Gasteiger partial charge on any atom is 0.407 e. The van der Waals surface area contributed by atoms with Gasteiger partial charge in [0.2, 0.25) is 0 Å². The molecule has 0 bridgehead atoms. The highest BCUT2D eigenvalue weighted by molar-refractivity contribution is 5.92. The Hall–Kier alpha value is -3.65. The molecule has 2 rings (SSSR count). The second kappa shape index (κ2) is 12.1. The number of esters is 1. The lowest BCUT2D eigenvalue weighted by Gasteiger charge is -2.23. The lowest BCUT2D eigenvalue weighted by molar-refractivity contribution is -0.118. The van der Waals surface area contributed by atoms with Crippen molar-refractivity contribution in [3.8, 4) is 11.5 Å². The van der Waals surface area contributed by atoms with Crippen molar-refractivity contribution in [3.05, 3.63) is 72.8 Å². The summed E-state index contributed by atoms with van der Waals surface area (Å²) in [5, 5.41) is 12.8. The fourth-order valence-corrected chi connectivity index (χ4v) is 2.62. The van der Waals surface area contributed by atoms with Gasteiger partial charge in [-0.15, -0.1) is 0 Å². The number of para-hydroxylation sites is 2. The Bertz CT molecular complexity index is 898. The quantitative estimate of drug-likeness (QED) is 0.418. The third kappa shape index (κ3) is 7.94. The van der Waals surface area contributed by atoms with Crippen LogP contribution in [0.2, 0.25) is 0 Å². The van der Waals surface area contributed by atoms with E-state index in [9.17, 15) is 19.5 Å². The lowest BCUT2D eigenvalue weighted by atomic mass is 10.1. The first-order valence-electron chi connectivity index (χ1n) is 9.61. The summed E-state index contributed by atoms with van der Waals surface area (Å²) in [5.41, 5.74) is 0.167. The minimum atomic E-state index is -1.33. The van der Waals surface area contributed by atoms with Crippen LogP contribution in [0.1, 0.15) is 23.7 Å². The Balaban J connectivity index is 2.01. The van der Waals surface area contributed by atoms with Crippen molar-refractivity contribution < 1.29 is 33.7 Å². The summed E-state index contributed by atoms with van der Waals surface area (Å²) in [5.74, 6) is -0.145. The number of aliphatic hydroxyl groups is 1. The zero-order valence-corrected chi connectivity index (χ0v) is 17.2. The van der Waals surface area contributed by atoms with E-state index in [1.807, 2.05) is 6.07 Å². The molecule has 2 unspecified atom stereocenters. The van der Waals surface area contributed by atoms with Crippen molar-refractivity contribution in [3.63, 3.8) is 0 Å². The molecule has 0 radical (unpaired) electrons. The number of hydrogen-bond donors (Lipinski definition) is 2. The van der Waals surface area contributed by atoms with Crippen molar-refractivity contribution in [2.75, 3.05) is 13.2 Å². The minimum absolute atomic E-state index is 0.0259. The monoisotopic (exact) mass is 427 g/mol. The average Bonchev–Trinajstić information content (AvgIpc) is 2.76. The maximum atomic E-state index is 12.6. The van der Waals surface area contributed by atoms with Crippen LogP contribution in [-0.4, -0.2) is 48.3 Å². The fourth-order valence-electron chi connectivity index (χ4n) is 2.62. The number of rotatable bonds is 11. The van der Waals surface area contributed by atoms with E-state index in [1.165, 1.54) is 19.1 Å². The molecule has 8 heteroatoms. The second-order valence-corrected chi connectivity index (χ2v) is 6.62. The first kappa shape index (κ1) is 23.6. The molecule has 2 aromatic carbocycles. The van der Waals surface area contributed by atoms with Gasteiger partial charge in [0.25, 0.3) is 0 Å². The van der Waals surface area contributed by atoms with Gasteiger partial charge in [-0.2, -0.15) is 0 Å². The molecule has 0 saturated heterocycles. The Labute approximate surface area is 180 Å². The van der Waals surface area contributed by atoms with Crippen molar-refractivity contribution in [1.82, 2.24) is 5.32 Å². The van der Waals surface area contributed by atoms with Gasteiger partial charge >= 0.3 is 12.1 Å². The number of benzene rings is 2. The SMILES string of the molecule is C=CCOC(=O)NC(CC(C)=O)C(O)COC(=O)c1ccccc1Oc1ccccc1. The van der Waals surface area contributed by atoms with E-state index < -0.39 is 30.8 Å². The van der Waals surface area contributed by atoms with Crippen LogP contribution >= 0.6 is 0 Å². The van der Waals surface area contributed by atoms with Crippen LogP contribution in [0.5, 0.6) is 11.5 Å². The van der Waals surface area contributed by atoms with Gasteiger partial charge in [-0.3, -0.25) is 4.79 Å². The summed E-state index contributed by atoms with van der Waals surface area (Å²) in [4.78, 5) is 35.8. The highest BCUT2D eigenvalue weighted by Crippen LogP contribution is 2.25. The van der Waals surface area contributed by atoms with Gasteiger partial charge in [-0.1, -0.05) is 43.0 Å². The molecular formula is C23H25NO7. The molecule has 2 aromatic rings. The Morgan fingerprint density at radius 1 is 1.06 bits per heavy atom. The van der Waals surface area contributed by atoms with E-state index in [0.717, 1.165) is 0 Å². The number of amides is 1. The van der Waals surface area contributed by atoms with Gasteiger partial charge in [-0.05, 0) is 31.2 Å². The predicted molar refractivity (Wildman–Crippen MR) is 113 cm³/mol. The van der Waals surface area contributed by atoms with E-state index in [2.05, 4.69) is 11.9 Å². The van der Waals surface area contributed by atoms with Crippen molar-refractivity contribution in [2.24, 2.45) is 0 Å². The first-order chi connectivity index (χ1) is 14.9. The number of ketones is 1. The van der Waals surface area contributed by atoms with Gasteiger partial charge in [0, 0.05) is 6.42 Å². The molecule has 0 aromatic heterocycles. The van der Waals surface area contributed by atoms with Gasteiger partial charge in [0.15, 0.2) is 0 Å². The molecule has 31 heavy (non-hydrogen) atoms. The normalized spacial score (nSPS) is 12.2. The summed E-state index contributed by atoms with van der Waals surface area (Å²) in [6, 6.07) is 14.5. The number of carbonyl (C=O) groups excluding carboxylic acids is 3. The number of ether oxygens (including phenoxy) is 3. The smallest absolute Gasteiger partial charge is 0.407 e. The molecule has 0 spiro atoms. The molecule has 0 fully saturated rings. The zero-order chi connectivity index (χ0) is 22.6. The van der Waals surface area contributed by atoms with E-state index in [4.69, 9.17) is 14.2 Å². The fraction of sp³-hybridized carbons (Fsp3) is 0.261. The van der Waals surface area contributed by atoms with Crippen LogP contribution in [-0.2, 0) is 14.3 Å². The molecule has 8 nitrogen and oxygen atoms in total. The molecule has 0 heterocycles. The molecular weight excluding hydrogens is 402 g/mol. The molecule has 164 valence electrons. The molecule has 0 aliphatic heterocycles. The lowest BCUT2D eigenvalue weighted by Crippen LogP contribution is -2.46. The molecule has 2 atom stereocenters. The Morgan fingerprint density at radius 3 is 2.42 bits per heavy atom. The third-order valence-electron chi connectivity index (χ3n) is 4.07. The van der Waals surface area contributed by atoms with Gasteiger partial charge in [0.05, 0.1) is 6.04 Å². The van der Waals surface area contributed by atoms with E-state index in [0.29, 0.717) is 11.5 Å². The summed E-state index contributed by atoms with van der Waals surface area (Å²) < 4.78 is 15.7. The summed E-state index contributed by atoms with van der Waals surface area (Å²) in [6.07, 6.45) is -0.924. The number of carbonyl (C=O) groups is 3. The maximum absolute atomic E-state index is 12.6. The zero-order valence-electron chi connectivity index (χ0n) is 17.2. The third-order valence-corrected chi connectivity index (χ3v) is 4.07. The van der Waals surface area contributed by atoms with Crippen molar-refractivity contribution in [1.29, 1.82) is 0 Å². The molecule has 1 amide bonds.